The number of halogens is 1. The van der Waals surface area contributed by atoms with Crippen LogP contribution in [-0.2, 0) is 0 Å². The van der Waals surface area contributed by atoms with Gasteiger partial charge in [-0.2, -0.15) is 0 Å². The van der Waals surface area contributed by atoms with Crippen molar-refractivity contribution in [3.05, 3.63) is 89.7 Å². The Hall–Kier alpha value is -3.72. The SMILES string of the molecule is CC(C)(CNc1ncc(Cl)c(-c2c[nH]c3ccccc23)n1)CC(O)/C=C/C(N)NC(=O)c1ccccc1. The number of carbonyl (C=O) groups is 1. The molecule has 0 fully saturated rings. The normalized spacial score (nSPS) is 13.5. The zero-order chi connectivity index (χ0) is 26.4. The van der Waals surface area contributed by atoms with Gasteiger partial charge in [0, 0.05) is 34.8 Å². The molecule has 4 aromatic rings. The summed E-state index contributed by atoms with van der Waals surface area (Å²) in [6.07, 6.45) is 5.67. The smallest absolute Gasteiger partial charge is 0.252 e. The van der Waals surface area contributed by atoms with Crippen LogP contribution in [0.15, 0.2) is 79.1 Å². The molecule has 2 aromatic carbocycles. The van der Waals surface area contributed by atoms with Gasteiger partial charge in [-0.15, -0.1) is 0 Å². The summed E-state index contributed by atoms with van der Waals surface area (Å²) in [7, 11) is 0. The number of para-hydroxylation sites is 1. The van der Waals surface area contributed by atoms with Crippen LogP contribution in [0.4, 0.5) is 5.95 Å². The maximum absolute atomic E-state index is 12.2. The Kier molecular flexibility index (Phi) is 8.23. The first kappa shape index (κ1) is 26.3. The molecule has 192 valence electrons. The molecule has 2 heterocycles. The van der Waals surface area contributed by atoms with E-state index in [4.69, 9.17) is 17.3 Å². The molecule has 0 aliphatic heterocycles. The van der Waals surface area contributed by atoms with Crippen molar-refractivity contribution in [1.82, 2.24) is 20.3 Å². The van der Waals surface area contributed by atoms with Crippen LogP contribution in [0.3, 0.4) is 0 Å². The summed E-state index contributed by atoms with van der Waals surface area (Å²) in [5, 5.41) is 18.0. The van der Waals surface area contributed by atoms with E-state index in [1.807, 2.05) is 50.4 Å². The Bertz CT molecular complexity index is 1390. The number of rotatable bonds is 10. The summed E-state index contributed by atoms with van der Waals surface area (Å²) in [6, 6.07) is 16.8. The zero-order valence-electron chi connectivity index (χ0n) is 20.8. The van der Waals surface area contributed by atoms with Crippen LogP contribution in [0, 0.1) is 5.41 Å². The van der Waals surface area contributed by atoms with Crippen molar-refractivity contribution in [3.63, 3.8) is 0 Å². The third kappa shape index (κ3) is 6.95. The summed E-state index contributed by atoms with van der Waals surface area (Å²) in [5.41, 5.74) is 8.76. The molecule has 9 heteroatoms. The lowest BCUT2D eigenvalue weighted by atomic mass is 9.86. The minimum Gasteiger partial charge on any atom is -0.389 e. The standard InChI is InChI=1S/C28H31ClN6O2/c1-28(2,14-19(36)12-13-24(30)34-26(37)18-8-4-3-5-9-18)17-33-27-32-16-22(29)25(35-27)21-15-31-23-11-7-6-10-20(21)23/h3-13,15-16,19,24,31,36H,14,17,30H2,1-2H3,(H,34,37)(H,32,33,35)/b13-12+. The number of anilines is 1. The van der Waals surface area contributed by atoms with Crippen molar-refractivity contribution < 1.29 is 9.90 Å². The first-order valence-corrected chi connectivity index (χ1v) is 12.4. The molecule has 2 unspecified atom stereocenters. The molecule has 1 amide bonds. The van der Waals surface area contributed by atoms with E-state index in [1.54, 1.807) is 42.6 Å². The predicted octanol–water partition coefficient (Wildman–Crippen LogP) is 4.74. The average Bonchev–Trinajstić information content (AvgIpc) is 3.31. The molecule has 0 bridgehead atoms. The highest BCUT2D eigenvalue weighted by atomic mass is 35.5. The third-order valence-electron chi connectivity index (χ3n) is 5.95. The maximum atomic E-state index is 12.2. The lowest BCUT2D eigenvalue weighted by molar-refractivity contribution is 0.0944. The molecule has 0 saturated carbocycles. The molecule has 0 spiro atoms. The first-order valence-electron chi connectivity index (χ1n) is 12.0. The fourth-order valence-electron chi connectivity index (χ4n) is 4.05. The first-order chi connectivity index (χ1) is 17.7. The number of nitrogens with two attached hydrogens (primary N) is 1. The molecule has 0 saturated heterocycles. The van der Waals surface area contributed by atoms with Gasteiger partial charge in [0.15, 0.2) is 0 Å². The lowest BCUT2D eigenvalue weighted by Crippen LogP contribution is -2.40. The number of carbonyl (C=O) groups excluding carboxylic acids is 1. The van der Waals surface area contributed by atoms with E-state index in [-0.39, 0.29) is 11.3 Å². The summed E-state index contributed by atoms with van der Waals surface area (Å²) < 4.78 is 0. The minimum absolute atomic E-state index is 0.272. The highest BCUT2D eigenvalue weighted by Gasteiger charge is 2.22. The van der Waals surface area contributed by atoms with Crippen LogP contribution >= 0.6 is 11.6 Å². The van der Waals surface area contributed by atoms with E-state index in [9.17, 15) is 9.90 Å². The van der Waals surface area contributed by atoms with E-state index >= 15 is 0 Å². The minimum atomic E-state index is -0.746. The molecule has 37 heavy (non-hydrogen) atoms. The van der Waals surface area contributed by atoms with Gasteiger partial charge in [0.1, 0.15) is 0 Å². The highest BCUT2D eigenvalue weighted by molar-refractivity contribution is 6.33. The van der Waals surface area contributed by atoms with Gasteiger partial charge < -0.3 is 26.5 Å². The Morgan fingerprint density at radius 1 is 1.16 bits per heavy atom. The fourth-order valence-corrected chi connectivity index (χ4v) is 4.25. The van der Waals surface area contributed by atoms with Crippen molar-refractivity contribution in [2.45, 2.75) is 32.5 Å². The van der Waals surface area contributed by atoms with E-state index in [2.05, 4.69) is 25.6 Å². The number of amides is 1. The molecule has 2 atom stereocenters. The number of nitrogens with one attached hydrogen (secondary N) is 3. The number of hydrogen-bond donors (Lipinski definition) is 5. The molecular weight excluding hydrogens is 488 g/mol. The van der Waals surface area contributed by atoms with Gasteiger partial charge in [-0.1, -0.05) is 67.9 Å². The van der Waals surface area contributed by atoms with Crippen LogP contribution in [0.1, 0.15) is 30.6 Å². The zero-order valence-corrected chi connectivity index (χ0v) is 21.5. The molecule has 4 rings (SSSR count). The highest BCUT2D eigenvalue weighted by Crippen LogP contribution is 2.32. The average molecular weight is 519 g/mol. The summed E-state index contributed by atoms with van der Waals surface area (Å²) in [4.78, 5) is 24.4. The fraction of sp³-hybridized carbons (Fsp3) is 0.250. The lowest BCUT2D eigenvalue weighted by Gasteiger charge is -2.27. The molecule has 2 aromatic heterocycles. The number of hydrogen-bond acceptors (Lipinski definition) is 6. The van der Waals surface area contributed by atoms with E-state index in [0.717, 1.165) is 16.5 Å². The van der Waals surface area contributed by atoms with E-state index < -0.39 is 12.3 Å². The van der Waals surface area contributed by atoms with Gasteiger partial charge in [-0.05, 0) is 36.1 Å². The van der Waals surface area contributed by atoms with Crippen molar-refractivity contribution in [2.24, 2.45) is 11.1 Å². The second-order valence-electron chi connectivity index (χ2n) is 9.68. The maximum Gasteiger partial charge on any atom is 0.252 e. The Morgan fingerprint density at radius 2 is 1.89 bits per heavy atom. The number of benzene rings is 2. The molecule has 6 N–H and O–H groups in total. The number of aliphatic hydroxyl groups is 1. The van der Waals surface area contributed by atoms with Crippen LogP contribution < -0.4 is 16.4 Å². The number of H-pyrrole nitrogens is 1. The number of fused-ring (bicyclic) bond motifs is 1. The molecule has 0 aliphatic rings. The Balaban J connectivity index is 1.33. The quantitative estimate of drug-likeness (QED) is 0.152. The van der Waals surface area contributed by atoms with Crippen LogP contribution in [0.25, 0.3) is 22.2 Å². The number of aliphatic hydroxyl groups excluding tert-OH is 1. The van der Waals surface area contributed by atoms with Gasteiger partial charge in [-0.3, -0.25) is 4.79 Å². The van der Waals surface area contributed by atoms with E-state index in [0.29, 0.717) is 35.2 Å². The molecule has 0 aliphatic carbocycles. The largest absolute Gasteiger partial charge is 0.389 e. The van der Waals surface area contributed by atoms with Crippen molar-refractivity contribution in [2.75, 3.05) is 11.9 Å². The van der Waals surface area contributed by atoms with Crippen LogP contribution in [-0.4, -0.2) is 44.8 Å². The van der Waals surface area contributed by atoms with Gasteiger partial charge in [0.2, 0.25) is 5.95 Å². The number of aromatic nitrogens is 3. The van der Waals surface area contributed by atoms with Crippen LogP contribution in [0.5, 0.6) is 0 Å². The van der Waals surface area contributed by atoms with E-state index in [1.165, 1.54) is 0 Å². The summed E-state index contributed by atoms with van der Waals surface area (Å²) in [5.74, 6) is 0.181. The molecule has 0 radical (unpaired) electrons. The second kappa shape index (κ2) is 11.6. The number of nitrogens with zero attached hydrogens (tertiary/aromatic N) is 2. The Morgan fingerprint density at radius 3 is 2.68 bits per heavy atom. The van der Waals surface area contributed by atoms with Crippen molar-refractivity contribution in [1.29, 1.82) is 0 Å². The Labute approximate surface area is 221 Å². The van der Waals surface area contributed by atoms with Gasteiger partial charge in [0.05, 0.1) is 29.2 Å². The van der Waals surface area contributed by atoms with Crippen LogP contribution in [0.2, 0.25) is 5.02 Å². The van der Waals surface area contributed by atoms with Crippen molar-refractivity contribution >= 4 is 34.4 Å². The van der Waals surface area contributed by atoms with Gasteiger partial charge in [-0.25, -0.2) is 9.97 Å². The molecular formula is C28H31ClN6O2. The van der Waals surface area contributed by atoms with Crippen molar-refractivity contribution in [3.8, 4) is 11.3 Å². The third-order valence-corrected chi connectivity index (χ3v) is 6.23. The summed E-state index contributed by atoms with van der Waals surface area (Å²) >= 11 is 6.43. The van der Waals surface area contributed by atoms with Gasteiger partial charge in [0.25, 0.3) is 5.91 Å². The number of aromatic amines is 1. The molecule has 8 nitrogen and oxygen atoms in total. The summed E-state index contributed by atoms with van der Waals surface area (Å²) in [6.45, 7) is 4.58. The monoisotopic (exact) mass is 518 g/mol. The topological polar surface area (TPSA) is 129 Å². The second-order valence-corrected chi connectivity index (χ2v) is 10.1. The van der Waals surface area contributed by atoms with Gasteiger partial charge >= 0.3 is 0 Å². The predicted molar refractivity (Wildman–Crippen MR) is 148 cm³/mol.